The summed E-state index contributed by atoms with van der Waals surface area (Å²) in [6.07, 6.45) is 7.58. The molecular formula is C18H31N5O2. The zero-order chi connectivity index (χ0) is 18.2. The zero-order valence-corrected chi connectivity index (χ0v) is 15.7. The van der Waals surface area contributed by atoms with E-state index in [4.69, 9.17) is 0 Å². The van der Waals surface area contributed by atoms with Crippen molar-refractivity contribution in [2.45, 2.75) is 71.9 Å². The fourth-order valence-electron chi connectivity index (χ4n) is 3.41. The topological polar surface area (TPSA) is 80.1 Å². The summed E-state index contributed by atoms with van der Waals surface area (Å²) in [5.74, 6) is 0.433. The van der Waals surface area contributed by atoms with E-state index in [1.165, 1.54) is 6.92 Å². The van der Waals surface area contributed by atoms with Gasteiger partial charge in [-0.25, -0.2) is 0 Å². The van der Waals surface area contributed by atoms with Gasteiger partial charge in [-0.3, -0.25) is 14.3 Å². The first-order valence-electron chi connectivity index (χ1n) is 9.48. The number of piperidine rings is 1. The number of amides is 2. The predicted octanol–water partition coefficient (Wildman–Crippen LogP) is 1.77. The summed E-state index contributed by atoms with van der Waals surface area (Å²) in [5, 5.41) is 11.2. The van der Waals surface area contributed by atoms with Crippen molar-refractivity contribution in [3.05, 3.63) is 11.9 Å². The molecule has 1 fully saturated rings. The van der Waals surface area contributed by atoms with Crippen LogP contribution in [0.15, 0.2) is 6.20 Å². The molecule has 7 nitrogen and oxygen atoms in total. The Morgan fingerprint density at radius 1 is 1.28 bits per heavy atom. The van der Waals surface area contributed by atoms with E-state index in [9.17, 15) is 9.59 Å². The number of aryl methyl sites for hydroxylation is 1. The van der Waals surface area contributed by atoms with Crippen LogP contribution in [-0.2, 0) is 22.6 Å². The molecule has 7 heteroatoms. The van der Waals surface area contributed by atoms with Crippen molar-refractivity contribution in [2.24, 2.45) is 5.92 Å². The predicted molar refractivity (Wildman–Crippen MR) is 95.8 cm³/mol. The van der Waals surface area contributed by atoms with E-state index < -0.39 is 0 Å². The summed E-state index contributed by atoms with van der Waals surface area (Å²) in [6.45, 7) is 7.99. The quantitative estimate of drug-likeness (QED) is 0.776. The van der Waals surface area contributed by atoms with E-state index in [0.29, 0.717) is 12.3 Å². The van der Waals surface area contributed by atoms with Crippen LogP contribution in [-0.4, -0.2) is 50.8 Å². The van der Waals surface area contributed by atoms with Crippen LogP contribution in [0.25, 0.3) is 0 Å². The molecule has 1 aromatic rings. The molecular weight excluding hydrogens is 318 g/mol. The molecule has 1 aliphatic rings. The van der Waals surface area contributed by atoms with Gasteiger partial charge in [0.1, 0.15) is 6.04 Å². The van der Waals surface area contributed by atoms with Crippen LogP contribution in [0.5, 0.6) is 0 Å². The fourth-order valence-corrected chi connectivity index (χ4v) is 3.41. The standard InChI is InChI=1S/C18H31N5O2/c1-4-6-16-13-23(21-20-16)12-15-8-10-22(11-9-15)18(25)17(7-5-2)19-14(3)24/h13,15,17H,4-12H2,1-3H3,(H,19,24)/t17-/m1/s1. The normalized spacial score (nSPS) is 16.7. The molecule has 1 atom stereocenters. The Morgan fingerprint density at radius 3 is 2.60 bits per heavy atom. The number of likely N-dealkylation sites (tertiary alicyclic amines) is 1. The van der Waals surface area contributed by atoms with E-state index >= 15 is 0 Å². The van der Waals surface area contributed by atoms with Crippen LogP contribution in [0.2, 0.25) is 0 Å². The van der Waals surface area contributed by atoms with Crippen LogP contribution >= 0.6 is 0 Å². The van der Waals surface area contributed by atoms with Crippen molar-refractivity contribution in [3.63, 3.8) is 0 Å². The van der Waals surface area contributed by atoms with Crippen molar-refractivity contribution in [2.75, 3.05) is 13.1 Å². The molecule has 25 heavy (non-hydrogen) atoms. The lowest BCUT2D eigenvalue weighted by molar-refractivity contribution is -0.137. The number of carbonyl (C=O) groups is 2. The maximum Gasteiger partial charge on any atom is 0.245 e. The minimum Gasteiger partial charge on any atom is -0.345 e. The third-order valence-corrected chi connectivity index (χ3v) is 4.72. The monoisotopic (exact) mass is 349 g/mol. The van der Waals surface area contributed by atoms with E-state index in [1.807, 2.05) is 22.7 Å². The fraction of sp³-hybridized carbons (Fsp3) is 0.778. The number of nitrogens with one attached hydrogen (secondary N) is 1. The maximum absolute atomic E-state index is 12.6. The summed E-state index contributed by atoms with van der Waals surface area (Å²) < 4.78 is 1.93. The lowest BCUT2D eigenvalue weighted by atomic mass is 9.96. The molecule has 0 spiro atoms. The van der Waals surface area contributed by atoms with Crippen LogP contribution in [0.3, 0.4) is 0 Å². The van der Waals surface area contributed by atoms with E-state index in [1.54, 1.807) is 0 Å². The highest BCUT2D eigenvalue weighted by Crippen LogP contribution is 2.20. The largest absolute Gasteiger partial charge is 0.345 e. The maximum atomic E-state index is 12.6. The van der Waals surface area contributed by atoms with Crippen LogP contribution in [0, 0.1) is 5.92 Å². The molecule has 140 valence electrons. The summed E-state index contributed by atoms with van der Waals surface area (Å²) in [5.41, 5.74) is 1.05. The Morgan fingerprint density at radius 2 is 2.00 bits per heavy atom. The third-order valence-electron chi connectivity index (χ3n) is 4.72. The van der Waals surface area contributed by atoms with E-state index in [0.717, 1.165) is 57.4 Å². The lowest BCUT2D eigenvalue weighted by Crippen LogP contribution is -2.50. The number of hydrogen-bond donors (Lipinski definition) is 1. The first-order valence-corrected chi connectivity index (χ1v) is 9.48. The summed E-state index contributed by atoms with van der Waals surface area (Å²) in [6, 6.07) is -0.383. The Balaban J connectivity index is 1.83. The molecule has 1 saturated heterocycles. The number of aromatic nitrogens is 3. The van der Waals surface area contributed by atoms with Gasteiger partial charge in [0.25, 0.3) is 0 Å². The minimum atomic E-state index is -0.383. The average Bonchev–Trinajstić information content (AvgIpc) is 3.01. The second kappa shape index (κ2) is 9.53. The lowest BCUT2D eigenvalue weighted by Gasteiger charge is -2.34. The molecule has 0 saturated carbocycles. The molecule has 2 rings (SSSR count). The molecule has 0 aliphatic carbocycles. The van der Waals surface area contributed by atoms with E-state index in [2.05, 4.69) is 22.6 Å². The van der Waals surface area contributed by atoms with Gasteiger partial charge in [-0.15, -0.1) is 5.10 Å². The van der Waals surface area contributed by atoms with Crippen molar-refractivity contribution in [1.29, 1.82) is 0 Å². The van der Waals surface area contributed by atoms with Crippen molar-refractivity contribution < 1.29 is 9.59 Å². The third kappa shape index (κ3) is 5.83. The minimum absolute atomic E-state index is 0.0569. The van der Waals surface area contributed by atoms with Gasteiger partial charge < -0.3 is 10.2 Å². The molecule has 1 aromatic heterocycles. The highest BCUT2D eigenvalue weighted by molar-refractivity contribution is 5.86. The Bertz CT molecular complexity index is 564. The Labute approximate surface area is 150 Å². The average molecular weight is 349 g/mol. The van der Waals surface area contributed by atoms with Gasteiger partial charge in [0.2, 0.25) is 11.8 Å². The molecule has 2 heterocycles. The SMILES string of the molecule is CCCc1cn(CC2CCN(C(=O)[C@@H](CCC)NC(C)=O)CC2)nn1. The number of hydrogen-bond acceptors (Lipinski definition) is 4. The first-order chi connectivity index (χ1) is 12.0. The molecule has 0 radical (unpaired) electrons. The van der Waals surface area contributed by atoms with Gasteiger partial charge in [0, 0.05) is 32.8 Å². The molecule has 0 unspecified atom stereocenters. The van der Waals surface area contributed by atoms with Crippen LogP contribution in [0.1, 0.15) is 58.6 Å². The molecule has 1 aliphatic heterocycles. The zero-order valence-electron chi connectivity index (χ0n) is 15.7. The van der Waals surface area contributed by atoms with Gasteiger partial charge in [-0.05, 0) is 31.6 Å². The van der Waals surface area contributed by atoms with E-state index in [-0.39, 0.29) is 17.9 Å². The van der Waals surface area contributed by atoms with Gasteiger partial charge in [-0.2, -0.15) is 0 Å². The van der Waals surface area contributed by atoms with Gasteiger partial charge in [0.15, 0.2) is 0 Å². The smallest absolute Gasteiger partial charge is 0.245 e. The van der Waals surface area contributed by atoms with Gasteiger partial charge in [-0.1, -0.05) is 31.9 Å². The van der Waals surface area contributed by atoms with Crippen LogP contribution < -0.4 is 5.32 Å². The molecule has 2 amide bonds. The number of nitrogens with zero attached hydrogens (tertiary/aromatic N) is 4. The van der Waals surface area contributed by atoms with Crippen molar-refractivity contribution in [1.82, 2.24) is 25.2 Å². The highest BCUT2D eigenvalue weighted by Gasteiger charge is 2.28. The Hall–Kier alpha value is -1.92. The summed E-state index contributed by atoms with van der Waals surface area (Å²) in [4.78, 5) is 25.9. The second-order valence-corrected chi connectivity index (χ2v) is 6.99. The molecule has 0 aromatic carbocycles. The second-order valence-electron chi connectivity index (χ2n) is 6.99. The Kier molecular flexibility index (Phi) is 7.40. The number of carbonyl (C=O) groups excluding carboxylic acids is 2. The van der Waals surface area contributed by atoms with Gasteiger partial charge >= 0.3 is 0 Å². The summed E-state index contributed by atoms with van der Waals surface area (Å²) in [7, 11) is 0. The van der Waals surface area contributed by atoms with Crippen LogP contribution in [0.4, 0.5) is 0 Å². The molecule has 0 bridgehead atoms. The number of rotatable bonds is 8. The highest BCUT2D eigenvalue weighted by atomic mass is 16.2. The summed E-state index contributed by atoms with van der Waals surface area (Å²) >= 11 is 0. The van der Waals surface area contributed by atoms with Gasteiger partial charge in [0.05, 0.1) is 5.69 Å². The van der Waals surface area contributed by atoms with Crippen molar-refractivity contribution in [3.8, 4) is 0 Å². The molecule has 1 N–H and O–H groups in total. The first kappa shape index (κ1) is 19.4. The van der Waals surface area contributed by atoms with Crippen molar-refractivity contribution >= 4 is 11.8 Å².